The zero-order valence-corrected chi connectivity index (χ0v) is 31.6. The molecule has 4 amide bonds. The first-order valence-corrected chi connectivity index (χ1v) is 18.0. The standard InChI is InChI=1S/C45H35N7O7/c1-57-37-7-3-5-28(23-37)26-46-51-43(55)32-13-9-30(10-14-32)41(53)48-35-19-17-34(18-20-35)45-50-39-22-21-36(25-40(39)59-45)49-42(54)31-11-15-33(16-12-31)44(56)52-47-27-29-6-4-8-38(24-29)58-2/h3-27H,1-2H3,(H,48,53)(H,49,54)(H,51,55)(H,52,56). The highest BCUT2D eigenvalue weighted by Crippen LogP contribution is 2.28. The fraction of sp³-hybridized carbons (Fsp3) is 0.0444. The molecule has 1 heterocycles. The smallest absolute Gasteiger partial charge is 0.271 e. The molecule has 0 unspecified atom stereocenters. The Labute approximate surface area is 337 Å². The maximum absolute atomic E-state index is 13.0. The monoisotopic (exact) mass is 785 g/mol. The molecule has 0 bridgehead atoms. The van der Waals surface area contributed by atoms with E-state index < -0.39 is 11.8 Å². The van der Waals surface area contributed by atoms with Crippen molar-refractivity contribution in [3.8, 4) is 23.0 Å². The predicted octanol–water partition coefficient (Wildman–Crippen LogP) is 7.54. The second-order valence-corrected chi connectivity index (χ2v) is 12.8. The van der Waals surface area contributed by atoms with Crippen LogP contribution in [0.5, 0.6) is 11.5 Å². The van der Waals surface area contributed by atoms with Crippen molar-refractivity contribution in [2.24, 2.45) is 10.2 Å². The van der Waals surface area contributed by atoms with Gasteiger partial charge in [-0.1, -0.05) is 24.3 Å². The van der Waals surface area contributed by atoms with Crippen LogP contribution in [0.4, 0.5) is 11.4 Å². The molecule has 14 heteroatoms. The Morgan fingerprint density at radius 1 is 0.542 bits per heavy atom. The Morgan fingerprint density at radius 3 is 1.49 bits per heavy atom. The van der Waals surface area contributed by atoms with Crippen LogP contribution in [0.15, 0.2) is 154 Å². The number of benzene rings is 6. The van der Waals surface area contributed by atoms with Gasteiger partial charge in [0, 0.05) is 45.3 Å². The number of hydrazone groups is 2. The SMILES string of the molecule is COc1cccc(C=NNC(=O)c2ccc(C(=O)Nc3ccc(-c4nc5ccc(NC(=O)c6ccc(C(=O)NN=Cc7cccc(OC)c7)cc6)cc5o4)cc3)cc2)c1. The van der Waals surface area contributed by atoms with Gasteiger partial charge in [0.15, 0.2) is 5.58 Å². The van der Waals surface area contributed by atoms with Crippen molar-refractivity contribution in [3.05, 3.63) is 173 Å². The second-order valence-electron chi connectivity index (χ2n) is 12.8. The molecule has 4 N–H and O–H groups in total. The molecule has 0 radical (unpaired) electrons. The number of rotatable bonds is 13. The average molecular weight is 786 g/mol. The normalized spacial score (nSPS) is 11.0. The van der Waals surface area contributed by atoms with Gasteiger partial charge in [0.25, 0.3) is 23.6 Å². The molecular formula is C45H35N7O7. The minimum absolute atomic E-state index is 0.331. The summed E-state index contributed by atoms with van der Waals surface area (Å²) >= 11 is 0. The number of carbonyl (C=O) groups is 4. The molecule has 7 rings (SSSR count). The summed E-state index contributed by atoms with van der Waals surface area (Å²) < 4.78 is 16.4. The molecule has 1 aromatic heterocycles. The Balaban J connectivity index is 0.906. The minimum atomic E-state index is -0.429. The molecule has 0 fully saturated rings. The summed E-state index contributed by atoms with van der Waals surface area (Å²) in [6.07, 6.45) is 3.01. The van der Waals surface area contributed by atoms with Gasteiger partial charge in [-0.3, -0.25) is 19.2 Å². The zero-order valence-electron chi connectivity index (χ0n) is 31.6. The van der Waals surface area contributed by atoms with Crippen LogP contribution in [-0.4, -0.2) is 55.3 Å². The van der Waals surface area contributed by atoms with E-state index in [0.29, 0.717) is 67.7 Å². The molecule has 0 aliphatic carbocycles. The fourth-order valence-electron chi connectivity index (χ4n) is 5.68. The van der Waals surface area contributed by atoms with Gasteiger partial charge in [-0.15, -0.1) is 0 Å². The van der Waals surface area contributed by atoms with E-state index >= 15 is 0 Å². The van der Waals surface area contributed by atoms with E-state index in [1.54, 1.807) is 105 Å². The summed E-state index contributed by atoms with van der Waals surface area (Å²) in [5.41, 5.74) is 10.6. The fourth-order valence-corrected chi connectivity index (χ4v) is 5.68. The molecule has 6 aromatic carbocycles. The van der Waals surface area contributed by atoms with E-state index in [2.05, 4.69) is 36.7 Å². The second kappa shape index (κ2) is 18.0. The van der Waals surface area contributed by atoms with Crippen molar-refractivity contribution in [2.45, 2.75) is 0 Å². The van der Waals surface area contributed by atoms with Crippen molar-refractivity contribution < 1.29 is 33.1 Å². The number of oxazole rings is 1. The lowest BCUT2D eigenvalue weighted by atomic mass is 10.1. The van der Waals surface area contributed by atoms with Gasteiger partial charge in [-0.25, -0.2) is 15.8 Å². The highest BCUT2D eigenvalue weighted by Gasteiger charge is 2.14. The number of anilines is 2. The van der Waals surface area contributed by atoms with Crippen LogP contribution >= 0.6 is 0 Å². The number of amides is 4. The van der Waals surface area contributed by atoms with Crippen LogP contribution in [-0.2, 0) is 0 Å². The van der Waals surface area contributed by atoms with Crippen LogP contribution in [0.1, 0.15) is 52.6 Å². The lowest BCUT2D eigenvalue weighted by Gasteiger charge is -2.07. The van der Waals surface area contributed by atoms with Crippen LogP contribution in [0, 0.1) is 0 Å². The topological polar surface area (TPSA) is 186 Å². The predicted molar refractivity (Wildman–Crippen MR) is 224 cm³/mol. The van der Waals surface area contributed by atoms with E-state index in [0.717, 1.165) is 11.1 Å². The van der Waals surface area contributed by atoms with Crippen molar-refractivity contribution in [2.75, 3.05) is 24.9 Å². The molecule has 14 nitrogen and oxygen atoms in total. The first-order valence-electron chi connectivity index (χ1n) is 18.0. The van der Waals surface area contributed by atoms with Crippen LogP contribution < -0.4 is 31.0 Å². The summed E-state index contributed by atoms with van der Waals surface area (Å²) in [6.45, 7) is 0. The Morgan fingerprint density at radius 2 is 1.00 bits per heavy atom. The van der Waals surface area contributed by atoms with Gasteiger partial charge < -0.3 is 24.5 Å². The lowest BCUT2D eigenvalue weighted by molar-refractivity contribution is 0.0947. The maximum atomic E-state index is 13.0. The molecular weight excluding hydrogens is 751 g/mol. The van der Waals surface area contributed by atoms with Gasteiger partial charge in [0.1, 0.15) is 17.0 Å². The summed E-state index contributed by atoms with van der Waals surface area (Å²) in [6, 6.07) is 38.9. The molecule has 0 saturated heterocycles. The highest BCUT2D eigenvalue weighted by molar-refractivity contribution is 6.06. The zero-order chi connectivity index (χ0) is 41.1. The number of aromatic nitrogens is 1. The molecule has 7 aromatic rings. The van der Waals surface area contributed by atoms with E-state index in [-0.39, 0.29) is 11.8 Å². The van der Waals surface area contributed by atoms with Crippen molar-refractivity contribution >= 4 is 58.5 Å². The highest BCUT2D eigenvalue weighted by atomic mass is 16.5. The third-order valence-corrected chi connectivity index (χ3v) is 8.80. The number of ether oxygens (including phenoxy) is 2. The molecule has 0 aliphatic heterocycles. The Bertz CT molecular complexity index is 2710. The molecule has 0 spiro atoms. The number of nitrogens with one attached hydrogen (secondary N) is 4. The summed E-state index contributed by atoms with van der Waals surface area (Å²) in [5, 5.41) is 13.7. The van der Waals surface area contributed by atoms with E-state index in [1.165, 1.54) is 24.6 Å². The van der Waals surface area contributed by atoms with E-state index in [4.69, 9.17) is 13.9 Å². The number of nitrogens with zero attached hydrogens (tertiary/aromatic N) is 3. The number of hydrogen-bond acceptors (Lipinski definition) is 10. The molecule has 59 heavy (non-hydrogen) atoms. The maximum Gasteiger partial charge on any atom is 0.271 e. The van der Waals surface area contributed by atoms with Crippen LogP contribution in [0.3, 0.4) is 0 Å². The number of hydrogen-bond donors (Lipinski definition) is 4. The van der Waals surface area contributed by atoms with Gasteiger partial charge in [0.2, 0.25) is 5.89 Å². The quantitative estimate of drug-likeness (QED) is 0.0682. The van der Waals surface area contributed by atoms with Gasteiger partial charge in [0.05, 0.1) is 26.6 Å². The molecule has 292 valence electrons. The van der Waals surface area contributed by atoms with Gasteiger partial charge in [-0.05, 0) is 120 Å². The number of fused-ring (bicyclic) bond motifs is 1. The number of carbonyl (C=O) groups excluding carboxylic acids is 4. The summed E-state index contributed by atoms with van der Waals surface area (Å²) in [7, 11) is 3.14. The molecule has 0 atom stereocenters. The van der Waals surface area contributed by atoms with Gasteiger partial charge in [-0.2, -0.15) is 10.2 Å². The van der Waals surface area contributed by atoms with Crippen molar-refractivity contribution in [3.63, 3.8) is 0 Å². The van der Waals surface area contributed by atoms with E-state index in [1.807, 2.05) is 36.4 Å². The largest absolute Gasteiger partial charge is 0.497 e. The third kappa shape index (κ3) is 9.89. The third-order valence-electron chi connectivity index (χ3n) is 8.80. The van der Waals surface area contributed by atoms with Crippen molar-refractivity contribution in [1.82, 2.24) is 15.8 Å². The first-order chi connectivity index (χ1) is 28.7. The average Bonchev–Trinajstić information content (AvgIpc) is 3.70. The molecule has 0 saturated carbocycles. The molecule has 0 aliphatic rings. The Hall–Kier alpha value is -8.39. The van der Waals surface area contributed by atoms with Crippen LogP contribution in [0.2, 0.25) is 0 Å². The number of methoxy groups -OCH3 is 2. The Kier molecular flexibility index (Phi) is 11.9. The minimum Gasteiger partial charge on any atom is -0.497 e. The lowest BCUT2D eigenvalue weighted by Crippen LogP contribution is -2.18. The summed E-state index contributed by atoms with van der Waals surface area (Å²) in [5.74, 6) is 0.112. The van der Waals surface area contributed by atoms with Crippen molar-refractivity contribution in [1.29, 1.82) is 0 Å². The summed E-state index contributed by atoms with van der Waals surface area (Å²) in [4.78, 5) is 55.7. The van der Waals surface area contributed by atoms with E-state index in [9.17, 15) is 19.2 Å². The first kappa shape index (κ1) is 38.9. The van der Waals surface area contributed by atoms with Gasteiger partial charge >= 0.3 is 0 Å². The van der Waals surface area contributed by atoms with Crippen LogP contribution in [0.25, 0.3) is 22.6 Å².